The zero-order chi connectivity index (χ0) is 18.6. The summed E-state index contributed by atoms with van der Waals surface area (Å²) < 4.78 is 5.53. The molecule has 1 atom stereocenters. The van der Waals surface area contributed by atoms with E-state index in [0.717, 1.165) is 5.69 Å². The van der Waals surface area contributed by atoms with E-state index in [9.17, 15) is 14.4 Å². The summed E-state index contributed by atoms with van der Waals surface area (Å²) in [6.07, 6.45) is 1.11. The molecule has 9 nitrogen and oxygen atoms in total. The molecule has 1 fully saturated rings. The number of hydrogen-bond donors (Lipinski definition) is 3. The molecule has 3 rings (SSSR count). The van der Waals surface area contributed by atoms with Crippen molar-refractivity contribution >= 4 is 23.8 Å². The molecule has 1 saturated heterocycles. The van der Waals surface area contributed by atoms with Crippen LogP contribution < -0.4 is 25.6 Å². The van der Waals surface area contributed by atoms with Crippen molar-refractivity contribution in [2.45, 2.75) is 18.4 Å². The van der Waals surface area contributed by atoms with Crippen molar-refractivity contribution < 1.29 is 19.1 Å². The molecular formula is C17H21LrN5O4-2. The maximum atomic E-state index is 12.6. The van der Waals surface area contributed by atoms with Crippen LogP contribution in [-0.2, 0) is 9.59 Å². The van der Waals surface area contributed by atoms with Crippen LogP contribution in [0.3, 0.4) is 0 Å². The third-order valence-electron chi connectivity index (χ3n) is 4.41. The van der Waals surface area contributed by atoms with Gasteiger partial charge in [-0.25, -0.2) is 11.5 Å². The second-order valence-electron chi connectivity index (χ2n) is 6.21. The Bertz CT molecular complexity index is 705. The van der Waals surface area contributed by atoms with Crippen LogP contribution in [0.15, 0.2) is 12.1 Å². The minimum absolute atomic E-state index is 0. The van der Waals surface area contributed by atoms with Crippen LogP contribution in [0.1, 0.15) is 23.3 Å². The molecule has 1 aromatic heterocycles. The number of nitrogens with zero attached hydrogens (tertiary/aromatic N) is 2. The van der Waals surface area contributed by atoms with Crippen LogP contribution >= 0.6 is 0 Å². The molecule has 0 unspecified atom stereocenters. The Hall–Kier alpha value is -3.68. The maximum absolute atomic E-state index is 12.6. The first-order valence-electron chi connectivity index (χ1n) is 8.36. The SMILES string of the molecule is [CH2-]NCCN1[CH-]COc2nc(C(=O)N[C@@]3(C=O)CCC(=O)NC3)ccc21.[Lr]. The third-order valence-corrected chi connectivity index (χ3v) is 4.41. The van der Waals surface area contributed by atoms with Crippen LogP contribution in [0.2, 0.25) is 0 Å². The minimum atomic E-state index is -1.11. The first kappa shape index (κ1) is 19.6. The molecule has 0 spiro atoms. The van der Waals surface area contributed by atoms with Gasteiger partial charge in [-0.05, 0) is 38.2 Å². The summed E-state index contributed by atoms with van der Waals surface area (Å²) in [5, 5.41) is 8.13. The summed E-state index contributed by atoms with van der Waals surface area (Å²) in [4.78, 5) is 41.6. The zero-order valence-electron chi connectivity index (χ0n) is 14.5. The van der Waals surface area contributed by atoms with Gasteiger partial charge in [-0.15, -0.1) is 0 Å². The van der Waals surface area contributed by atoms with Gasteiger partial charge in [-0.2, -0.15) is 0 Å². The van der Waals surface area contributed by atoms with E-state index in [1.807, 2.05) is 11.4 Å². The minimum Gasteiger partial charge on any atom is -0.514 e. The van der Waals surface area contributed by atoms with Crippen molar-refractivity contribution in [2.75, 3.05) is 31.1 Å². The predicted molar refractivity (Wildman–Crippen MR) is 93.2 cm³/mol. The van der Waals surface area contributed by atoms with Crippen LogP contribution in [0, 0.1) is 13.6 Å². The van der Waals surface area contributed by atoms with Gasteiger partial charge < -0.3 is 30.4 Å². The van der Waals surface area contributed by atoms with Gasteiger partial charge in [0.1, 0.15) is 17.5 Å². The summed E-state index contributed by atoms with van der Waals surface area (Å²) in [6.45, 7) is 3.70. The van der Waals surface area contributed by atoms with Gasteiger partial charge in [0.05, 0.1) is 5.69 Å². The number of rotatable bonds is 6. The number of carbonyl (C=O) groups is 3. The van der Waals surface area contributed by atoms with E-state index in [1.165, 1.54) is 0 Å². The summed E-state index contributed by atoms with van der Waals surface area (Å²) >= 11 is 0. The van der Waals surface area contributed by atoms with Crippen molar-refractivity contribution in [2.24, 2.45) is 0 Å². The molecule has 0 aliphatic carbocycles. The van der Waals surface area contributed by atoms with Crippen molar-refractivity contribution in [3.8, 4) is 5.88 Å². The molecule has 3 N–H and O–H groups in total. The number of pyridine rings is 1. The normalized spacial score (nSPS) is 21.2. The molecule has 27 heavy (non-hydrogen) atoms. The maximum Gasteiger partial charge on any atom is 0.270 e. The molecule has 2 amide bonds. The smallest absolute Gasteiger partial charge is 0.270 e. The first-order chi connectivity index (χ1) is 12.6. The molecule has 0 saturated carbocycles. The molecule has 2 aliphatic rings. The monoisotopic (exact) mass is 621 g/mol. The first-order valence-corrected chi connectivity index (χ1v) is 8.36. The quantitative estimate of drug-likeness (QED) is 0.288. The van der Waals surface area contributed by atoms with Gasteiger partial charge in [-0.1, -0.05) is 0 Å². The Balaban J connectivity index is 0.00000261. The average Bonchev–Trinajstić information content (AvgIpc) is 2.67. The molecule has 10 heteroatoms. The average molecular weight is 621 g/mol. The van der Waals surface area contributed by atoms with Crippen molar-refractivity contribution in [1.29, 1.82) is 0 Å². The fourth-order valence-corrected chi connectivity index (χ4v) is 2.90. The predicted octanol–water partition coefficient (Wildman–Crippen LogP) is -0.599. The number of anilines is 1. The van der Waals surface area contributed by atoms with Gasteiger partial charge in [-0.3, -0.25) is 16.6 Å². The topological polar surface area (TPSA) is 113 Å². The molecule has 0 bridgehead atoms. The standard InChI is InChI=1S/C17H21N5O4.Lr/c1-18-6-7-22-8-9-26-16-13(22)3-2-12(20-16)15(25)21-17(11-23)5-4-14(24)19-10-17;/h2-3,8,11,18H,1,4-7,9-10H2,(H,19,24)(H,21,25);/q-2;/t17-;/m0./s1. The zero-order valence-corrected chi connectivity index (χ0v) is 16.7. The molecule has 1 radical (unpaired) electrons. The van der Waals surface area contributed by atoms with E-state index >= 15 is 0 Å². The van der Waals surface area contributed by atoms with Crippen LogP contribution in [0.5, 0.6) is 5.88 Å². The number of aldehydes is 1. The third kappa shape index (κ3) is 4.12. The Labute approximate surface area is 151 Å². The number of hydrogen-bond acceptors (Lipinski definition) is 7. The van der Waals surface area contributed by atoms with E-state index < -0.39 is 11.4 Å². The van der Waals surface area contributed by atoms with Gasteiger partial charge >= 0.3 is 0 Å². The Morgan fingerprint density at radius 1 is 1.52 bits per heavy atom. The van der Waals surface area contributed by atoms with E-state index in [0.29, 0.717) is 31.9 Å². The molecule has 0 aromatic carbocycles. The number of piperidine rings is 1. The largest absolute Gasteiger partial charge is 0.514 e. The number of aromatic nitrogens is 1. The fraction of sp³-hybridized carbons (Fsp3) is 0.412. The van der Waals surface area contributed by atoms with E-state index in [1.54, 1.807) is 12.1 Å². The number of nitrogens with one attached hydrogen (secondary N) is 3. The van der Waals surface area contributed by atoms with Crippen molar-refractivity contribution in [3.63, 3.8) is 0 Å². The fourth-order valence-electron chi connectivity index (χ4n) is 2.90. The van der Waals surface area contributed by atoms with Crippen LogP contribution in [-0.4, -0.2) is 54.9 Å². The molecule has 155 valence electrons. The second kappa shape index (κ2) is 8.13. The molecule has 2 aliphatic heterocycles. The Kier molecular flexibility index (Phi) is 5.92. The van der Waals surface area contributed by atoms with Gasteiger partial charge in [0.15, 0.2) is 0 Å². The van der Waals surface area contributed by atoms with Gasteiger partial charge in [0.25, 0.3) is 5.91 Å². The molecular weight excluding hydrogens is 600 g/mol. The van der Waals surface area contributed by atoms with E-state index in [2.05, 4.69) is 28.0 Å². The van der Waals surface area contributed by atoms with Crippen LogP contribution in [0.25, 0.3) is 0 Å². The van der Waals surface area contributed by atoms with Gasteiger partial charge in [0.2, 0.25) is 11.8 Å². The molecule has 3 heterocycles. The Morgan fingerprint density at radius 2 is 2.33 bits per heavy atom. The van der Waals surface area contributed by atoms with Crippen molar-refractivity contribution in [3.05, 3.63) is 31.4 Å². The van der Waals surface area contributed by atoms with Gasteiger partial charge in [0, 0.05) is 13.0 Å². The summed E-state index contributed by atoms with van der Waals surface area (Å²) in [5.41, 5.74) is -0.194. The second-order valence-corrected chi connectivity index (χ2v) is 6.21. The van der Waals surface area contributed by atoms with E-state index in [-0.39, 0.29) is 31.0 Å². The molecule has 1 aromatic rings. The number of amides is 2. The van der Waals surface area contributed by atoms with Crippen LogP contribution in [0.4, 0.5) is 5.69 Å². The number of ether oxygens (including phenoxy) is 1. The Morgan fingerprint density at radius 3 is 3.00 bits per heavy atom. The number of carbonyl (C=O) groups excluding carboxylic acids is 3. The summed E-state index contributed by atoms with van der Waals surface area (Å²) in [5.74, 6) is -0.258. The summed E-state index contributed by atoms with van der Waals surface area (Å²) in [6, 6.07) is 3.34. The summed E-state index contributed by atoms with van der Waals surface area (Å²) in [7, 11) is 3.59. The van der Waals surface area contributed by atoms with Crippen molar-refractivity contribution in [1.82, 2.24) is 20.9 Å². The van der Waals surface area contributed by atoms with E-state index in [4.69, 9.17) is 4.74 Å². The number of fused-ring (bicyclic) bond motifs is 1.